The Bertz CT molecular complexity index is 252. The Labute approximate surface area is 118 Å². The first-order valence-corrected chi connectivity index (χ1v) is 7.66. The third kappa shape index (κ3) is 5.11. The quantitative estimate of drug-likeness (QED) is 0.677. The summed E-state index contributed by atoms with van der Waals surface area (Å²) in [6.45, 7) is 8.98. The number of amides is 1. The molecule has 0 aliphatic carbocycles. The second-order valence-corrected chi connectivity index (χ2v) is 5.99. The van der Waals surface area contributed by atoms with Crippen molar-refractivity contribution in [3.05, 3.63) is 0 Å². The molecule has 0 saturated carbocycles. The highest BCUT2D eigenvalue weighted by Gasteiger charge is 2.27. The lowest BCUT2D eigenvalue weighted by Crippen LogP contribution is -2.46. The smallest absolute Gasteiger partial charge is 0.209 e. The molecule has 1 N–H and O–H groups in total. The Hall–Kier alpha value is -0.610. The molecule has 4 nitrogen and oxygen atoms in total. The van der Waals surface area contributed by atoms with Gasteiger partial charge in [0.25, 0.3) is 0 Å². The summed E-state index contributed by atoms with van der Waals surface area (Å²) in [6.07, 6.45) is 4.67. The summed E-state index contributed by atoms with van der Waals surface area (Å²) in [5.74, 6) is 1.42. The molecule has 0 aromatic heterocycles. The van der Waals surface area contributed by atoms with Crippen LogP contribution in [-0.4, -0.2) is 62.5 Å². The average molecular weight is 269 g/mol. The number of rotatable bonds is 8. The summed E-state index contributed by atoms with van der Waals surface area (Å²) in [5, 5.41) is 3.29. The Morgan fingerprint density at radius 2 is 2.05 bits per heavy atom. The molecular formula is C15H31N3O. The minimum Gasteiger partial charge on any atom is -0.348 e. The third-order valence-electron chi connectivity index (χ3n) is 4.63. The van der Waals surface area contributed by atoms with Gasteiger partial charge in [0.2, 0.25) is 6.41 Å². The Morgan fingerprint density at radius 1 is 1.42 bits per heavy atom. The van der Waals surface area contributed by atoms with Gasteiger partial charge >= 0.3 is 0 Å². The van der Waals surface area contributed by atoms with Crippen LogP contribution in [0.25, 0.3) is 0 Å². The van der Waals surface area contributed by atoms with E-state index in [1.807, 2.05) is 14.1 Å². The van der Waals surface area contributed by atoms with E-state index < -0.39 is 0 Å². The van der Waals surface area contributed by atoms with Crippen LogP contribution < -0.4 is 5.32 Å². The molecule has 1 heterocycles. The van der Waals surface area contributed by atoms with Gasteiger partial charge in [-0.2, -0.15) is 0 Å². The SMILES string of the molecule is CCC(CN(C)C=O)C(C)N1CCC(CNC)CC1. The van der Waals surface area contributed by atoms with E-state index in [9.17, 15) is 4.79 Å². The summed E-state index contributed by atoms with van der Waals surface area (Å²) in [6, 6.07) is 0.572. The molecular weight excluding hydrogens is 238 g/mol. The fourth-order valence-corrected chi connectivity index (χ4v) is 3.19. The zero-order valence-electron chi connectivity index (χ0n) is 13.1. The molecule has 2 unspecified atom stereocenters. The molecule has 112 valence electrons. The molecule has 1 saturated heterocycles. The number of nitrogens with one attached hydrogen (secondary N) is 1. The summed E-state index contributed by atoms with van der Waals surface area (Å²) < 4.78 is 0. The lowest BCUT2D eigenvalue weighted by Gasteiger charge is -2.40. The topological polar surface area (TPSA) is 35.6 Å². The van der Waals surface area contributed by atoms with Gasteiger partial charge < -0.3 is 15.1 Å². The van der Waals surface area contributed by atoms with E-state index in [1.54, 1.807) is 4.90 Å². The number of hydrogen-bond donors (Lipinski definition) is 1. The molecule has 0 aromatic carbocycles. The van der Waals surface area contributed by atoms with E-state index in [1.165, 1.54) is 25.9 Å². The highest BCUT2D eigenvalue weighted by atomic mass is 16.1. The maximum Gasteiger partial charge on any atom is 0.209 e. The van der Waals surface area contributed by atoms with E-state index in [-0.39, 0.29) is 0 Å². The number of piperidine rings is 1. The van der Waals surface area contributed by atoms with Crippen LogP contribution in [0.2, 0.25) is 0 Å². The van der Waals surface area contributed by atoms with Gasteiger partial charge in [-0.15, -0.1) is 0 Å². The Kier molecular flexibility index (Phi) is 7.39. The normalized spacial score (nSPS) is 21.1. The van der Waals surface area contributed by atoms with Crippen molar-refractivity contribution < 1.29 is 4.79 Å². The largest absolute Gasteiger partial charge is 0.348 e. The number of hydrogen-bond acceptors (Lipinski definition) is 3. The second kappa shape index (κ2) is 8.54. The average Bonchev–Trinajstić information content (AvgIpc) is 2.45. The van der Waals surface area contributed by atoms with Crippen LogP contribution in [0, 0.1) is 11.8 Å². The standard InChI is InChI=1S/C15H31N3O/c1-5-15(11-17(4)12-19)13(2)18-8-6-14(7-9-18)10-16-3/h12-16H,5-11H2,1-4H3. The van der Waals surface area contributed by atoms with E-state index >= 15 is 0 Å². The van der Waals surface area contributed by atoms with Gasteiger partial charge in [-0.1, -0.05) is 13.3 Å². The zero-order chi connectivity index (χ0) is 14.3. The van der Waals surface area contributed by atoms with Gasteiger partial charge in [-0.3, -0.25) is 4.79 Å². The van der Waals surface area contributed by atoms with Crippen LogP contribution in [0.1, 0.15) is 33.1 Å². The van der Waals surface area contributed by atoms with Crippen molar-refractivity contribution in [3.63, 3.8) is 0 Å². The minimum absolute atomic E-state index is 0.572. The fourth-order valence-electron chi connectivity index (χ4n) is 3.19. The molecule has 1 rings (SSSR count). The van der Waals surface area contributed by atoms with Crippen molar-refractivity contribution in [1.29, 1.82) is 0 Å². The van der Waals surface area contributed by atoms with Crippen LogP contribution in [-0.2, 0) is 4.79 Å². The molecule has 0 spiro atoms. The van der Waals surface area contributed by atoms with E-state index in [4.69, 9.17) is 0 Å². The monoisotopic (exact) mass is 269 g/mol. The molecule has 1 fully saturated rings. The van der Waals surface area contributed by atoms with Gasteiger partial charge in [-0.05, 0) is 58.3 Å². The predicted molar refractivity (Wildman–Crippen MR) is 80.2 cm³/mol. The van der Waals surface area contributed by atoms with Crippen molar-refractivity contribution in [1.82, 2.24) is 15.1 Å². The molecule has 0 bridgehead atoms. The molecule has 0 radical (unpaired) electrons. The van der Waals surface area contributed by atoms with Crippen LogP contribution in [0.4, 0.5) is 0 Å². The van der Waals surface area contributed by atoms with E-state index in [0.29, 0.717) is 12.0 Å². The van der Waals surface area contributed by atoms with Gasteiger partial charge in [0.1, 0.15) is 0 Å². The lowest BCUT2D eigenvalue weighted by molar-refractivity contribution is -0.117. The molecule has 2 atom stereocenters. The predicted octanol–water partition coefficient (Wildman–Crippen LogP) is 1.42. The van der Waals surface area contributed by atoms with Crippen LogP contribution in [0.5, 0.6) is 0 Å². The third-order valence-corrected chi connectivity index (χ3v) is 4.63. The molecule has 1 amide bonds. The first-order valence-electron chi connectivity index (χ1n) is 7.66. The van der Waals surface area contributed by atoms with Crippen molar-refractivity contribution in [2.75, 3.05) is 40.3 Å². The van der Waals surface area contributed by atoms with Crippen molar-refractivity contribution in [3.8, 4) is 0 Å². The van der Waals surface area contributed by atoms with Gasteiger partial charge in [0.05, 0.1) is 0 Å². The van der Waals surface area contributed by atoms with Crippen LogP contribution >= 0.6 is 0 Å². The summed E-state index contributed by atoms with van der Waals surface area (Å²) >= 11 is 0. The van der Waals surface area contributed by atoms with Crippen molar-refractivity contribution >= 4 is 6.41 Å². The molecule has 19 heavy (non-hydrogen) atoms. The molecule has 0 aromatic rings. The van der Waals surface area contributed by atoms with Crippen molar-refractivity contribution in [2.45, 2.75) is 39.2 Å². The number of nitrogens with zero attached hydrogens (tertiary/aromatic N) is 2. The second-order valence-electron chi connectivity index (χ2n) is 5.99. The molecule has 4 heteroatoms. The number of carbonyl (C=O) groups is 1. The first kappa shape index (κ1) is 16.4. The maximum absolute atomic E-state index is 10.8. The zero-order valence-corrected chi connectivity index (χ0v) is 13.1. The number of likely N-dealkylation sites (tertiary alicyclic amines) is 1. The maximum atomic E-state index is 10.8. The highest BCUT2D eigenvalue weighted by Crippen LogP contribution is 2.23. The minimum atomic E-state index is 0.572. The highest BCUT2D eigenvalue weighted by molar-refractivity contribution is 5.46. The summed E-state index contributed by atoms with van der Waals surface area (Å²) in [7, 11) is 3.92. The summed E-state index contributed by atoms with van der Waals surface area (Å²) in [5.41, 5.74) is 0. The summed E-state index contributed by atoms with van der Waals surface area (Å²) in [4.78, 5) is 15.2. The van der Waals surface area contributed by atoms with Crippen LogP contribution in [0.15, 0.2) is 0 Å². The van der Waals surface area contributed by atoms with Crippen molar-refractivity contribution in [2.24, 2.45) is 11.8 Å². The van der Waals surface area contributed by atoms with E-state index in [2.05, 4.69) is 24.1 Å². The Balaban J connectivity index is 2.43. The first-order chi connectivity index (χ1) is 9.12. The van der Waals surface area contributed by atoms with Gasteiger partial charge in [0, 0.05) is 19.6 Å². The van der Waals surface area contributed by atoms with Crippen LogP contribution in [0.3, 0.4) is 0 Å². The Morgan fingerprint density at radius 3 is 2.53 bits per heavy atom. The molecule has 1 aliphatic heterocycles. The lowest BCUT2D eigenvalue weighted by atomic mass is 9.91. The molecule has 1 aliphatic rings. The number of carbonyl (C=O) groups excluding carboxylic acids is 1. The van der Waals surface area contributed by atoms with E-state index in [0.717, 1.165) is 31.8 Å². The van der Waals surface area contributed by atoms with Gasteiger partial charge in [0.15, 0.2) is 0 Å². The van der Waals surface area contributed by atoms with Gasteiger partial charge in [-0.25, -0.2) is 0 Å². The fraction of sp³-hybridized carbons (Fsp3) is 0.933.